The maximum atomic E-state index is 12.6. The summed E-state index contributed by atoms with van der Waals surface area (Å²) in [5, 5.41) is 7.78. The molecule has 8 nitrogen and oxygen atoms in total. The minimum absolute atomic E-state index is 0.207. The molecule has 32 heavy (non-hydrogen) atoms. The number of furan rings is 2. The van der Waals surface area contributed by atoms with Gasteiger partial charge in [0.15, 0.2) is 5.69 Å². The van der Waals surface area contributed by atoms with Gasteiger partial charge in [0.25, 0.3) is 5.91 Å². The van der Waals surface area contributed by atoms with Crippen LogP contribution in [0.3, 0.4) is 0 Å². The van der Waals surface area contributed by atoms with Gasteiger partial charge in [0.05, 0.1) is 35.3 Å². The number of aryl methyl sites for hydroxylation is 1. The highest BCUT2D eigenvalue weighted by molar-refractivity contribution is 6.42. The van der Waals surface area contributed by atoms with Crippen molar-refractivity contribution in [1.29, 1.82) is 0 Å². The van der Waals surface area contributed by atoms with E-state index < -0.39 is 0 Å². The summed E-state index contributed by atoms with van der Waals surface area (Å²) in [6.45, 7) is 0.472. The Bertz CT molecular complexity index is 1240. The van der Waals surface area contributed by atoms with Crippen LogP contribution >= 0.6 is 23.2 Å². The number of aromatic nitrogens is 2. The van der Waals surface area contributed by atoms with E-state index in [1.807, 2.05) is 0 Å². The van der Waals surface area contributed by atoms with E-state index in [1.54, 1.807) is 55.8 Å². The Morgan fingerprint density at radius 2 is 2.09 bits per heavy atom. The molecule has 10 heteroatoms. The van der Waals surface area contributed by atoms with Crippen LogP contribution in [0.5, 0.6) is 5.75 Å². The first-order valence-electron chi connectivity index (χ1n) is 9.53. The molecule has 1 N–H and O–H groups in total. The fourth-order valence-corrected chi connectivity index (χ4v) is 3.13. The number of benzene rings is 1. The van der Waals surface area contributed by atoms with E-state index in [4.69, 9.17) is 36.8 Å². The molecule has 0 atom stereocenters. The fourth-order valence-electron chi connectivity index (χ4n) is 2.84. The van der Waals surface area contributed by atoms with Crippen molar-refractivity contribution in [3.05, 3.63) is 87.9 Å². The summed E-state index contributed by atoms with van der Waals surface area (Å²) in [4.78, 5) is 16.9. The minimum Gasteiger partial charge on any atom is -0.486 e. The number of carbonyl (C=O) groups is 1. The summed E-state index contributed by atoms with van der Waals surface area (Å²) in [5.74, 6) is 2.01. The molecule has 0 radical (unpaired) electrons. The molecular weight excluding hydrogens is 455 g/mol. The average molecular weight is 473 g/mol. The Balaban J connectivity index is 1.39. The second-order valence-corrected chi connectivity index (χ2v) is 7.51. The zero-order valence-corrected chi connectivity index (χ0v) is 18.4. The molecule has 0 unspecified atom stereocenters. The van der Waals surface area contributed by atoms with Gasteiger partial charge in [-0.1, -0.05) is 23.2 Å². The lowest BCUT2D eigenvalue weighted by Gasteiger charge is -2.05. The van der Waals surface area contributed by atoms with Crippen LogP contribution in [0.25, 0.3) is 0 Å². The molecule has 0 fully saturated rings. The van der Waals surface area contributed by atoms with Crippen molar-refractivity contribution in [2.45, 2.75) is 13.2 Å². The molecule has 0 spiro atoms. The maximum absolute atomic E-state index is 12.6. The van der Waals surface area contributed by atoms with Gasteiger partial charge in [0, 0.05) is 13.1 Å². The molecule has 1 aromatic carbocycles. The van der Waals surface area contributed by atoms with Gasteiger partial charge in [-0.2, -0.15) is 5.10 Å². The highest BCUT2D eigenvalue weighted by Gasteiger charge is 2.16. The number of aliphatic imine (C=N–C) groups is 1. The van der Waals surface area contributed by atoms with Crippen LogP contribution in [0.15, 0.2) is 68.8 Å². The minimum atomic E-state index is -0.316. The average Bonchev–Trinajstić information content (AvgIpc) is 3.53. The third kappa shape index (κ3) is 5.22. The quantitative estimate of drug-likeness (QED) is 0.356. The van der Waals surface area contributed by atoms with Crippen molar-refractivity contribution in [2.75, 3.05) is 0 Å². The molecule has 0 saturated carbocycles. The maximum Gasteiger partial charge on any atom is 0.272 e. The van der Waals surface area contributed by atoms with Crippen LogP contribution in [-0.4, -0.2) is 21.9 Å². The van der Waals surface area contributed by atoms with Crippen molar-refractivity contribution in [3.63, 3.8) is 0 Å². The number of rotatable bonds is 8. The summed E-state index contributed by atoms with van der Waals surface area (Å²) in [5.41, 5.74) is 0.733. The monoisotopic (exact) mass is 472 g/mol. The Hall–Kier alpha value is -3.49. The van der Waals surface area contributed by atoms with Crippen LogP contribution in [0, 0.1) is 0 Å². The van der Waals surface area contributed by atoms with E-state index in [9.17, 15) is 4.79 Å². The van der Waals surface area contributed by atoms with Gasteiger partial charge in [-0.15, -0.1) is 0 Å². The standard InChI is InChI=1S/C22H18Cl2N4O4/c1-28-21(22(29)26-10-15-3-2-8-30-15)20(12-27-28)25-11-16-4-5-17(32-16)13-31-14-6-7-18(23)19(24)9-14/h2-9,11-12H,10,13H2,1H3,(H,26,29). The van der Waals surface area contributed by atoms with Crippen molar-refractivity contribution < 1.29 is 18.4 Å². The van der Waals surface area contributed by atoms with Gasteiger partial charge in [-0.25, -0.2) is 4.99 Å². The normalized spacial score (nSPS) is 11.2. The smallest absolute Gasteiger partial charge is 0.272 e. The molecule has 0 bridgehead atoms. The molecule has 3 heterocycles. The Morgan fingerprint density at radius 3 is 2.88 bits per heavy atom. The summed E-state index contributed by atoms with van der Waals surface area (Å²) in [7, 11) is 1.67. The van der Waals surface area contributed by atoms with Crippen LogP contribution in [0.4, 0.5) is 5.69 Å². The summed E-state index contributed by atoms with van der Waals surface area (Å²) in [6, 6.07) is 12.1. The lowest BCUT2D eigenvalue weighted by molar-refractivity contribution is 0.0939. The highest BCUT2D eigenvalue weighted by atomic mass is 35.5. The van der Waals surface area contributed by atoms with E-state index >= 15 is 0 Å². The van der Waals surface area contributed by atoms with Gasteiger partial charge in [0.1, 0.15) is 35.3 Å². The Kier molecular flexibility index (Phi) is 6.63. The van der Waals surface area contributed by atoms with Crippen molar-refractivity contribution in [3.8, 4) is 5.75 Å². The second kappa shape index (κ2) is 9.76. The molecule has 0 saturated heterocycles. The first kappa shape index (κ1) is 21.7. The molecular formula is C22H18Cl2N4O4. The molecule has 0 aliphatic rings. The zero-order valence-electron chi connectivity index (χ0n) is 16.9. The van der Waals surface area contributed by atoms with E-state index in [0.717, 1.165) is 0 Å². The van der Waals surface area contributed by atoms with E-state index in [2.05, 4.69) is 15.4 Å². The fraction of sp³-hybridized carbons (Fsp3) is 0.136. The summed E-state index contributed by atoms with van der Waals surface area (Å²) < 4.78 is 18.1. The molecule has 4 rings (SSSR count). The molecule has 4 aromatic rings. The largest absolute Gasteiger partial charge is 0.486 e. The number of nitrogens with one attached hydrogen (secondary N) is 1. The summed E-state index contributed by atoms with van der Waals surface area (Å²) >= 11 is 11.9. The van der Waals surface area contributed by atoms with Crippen LogP contribution < -0.4 is 10.1 Å². The number of hydrogen-bond acceptors (Lipinski definition) is 6. The van der Waals surface area contributed by atoms with Gasteiger partial charge >= 0.3 is 0 Å². The zero-order chi connectivity index (χ0) is 22.5. The number of ether oxygens (including phenoxy) is 1. The number of amides is 1. The molecule has 3 aromatic heterocycles. The first-order valence-corrected chi connectivity index (χ1v) is 10.3. The second-order valence-electron chi connectivity index (χ2n) is 6.69. The third-order valence-electron chi connectivity index (χ3n) is 4.42. The number of carbonyl (C=O) groups excluding carboxylic acids is 1. The van der Waals surface area contributed by atoms with E-state index in [-0.39, 0.29) is 19.1 Å². The number of nitrogens with zero attached hydrogens (tertiary/aromatic N) is 3. The molecule has 0 aliphatic carbocycles. The van der Waals surface area contributed by atoms with E-state index in [0.29, 0.717) is 44.5 Å². The van der Waals surface area contributed by atoms with Crippen molar-refractivity contribution in [2.24, 2.45) is 12.0 Å². The molecule has 164 valence electrons. The number of hydrogen-bond donors (Lipinski definition) is 1. The number of halogens is 2. The third-order valence-corrected chi connectivity index (χ3v) is 5.16. The molecule has 0 aliphatic heterocycles. The Morgan fingerprint density at radius 1 is 1.22 bits per heavy atom. The highest BCUT2D eigenvalue weighted by Crippen LogP contribution is 2.27. The topological polar surface area (TPSA) is 94.8 Å². The summed E-state index contributed by atoms with van der Waals surface area (Å²) in [6.07, 6.45) is 4.58. The lowest BCUT2D eigenvalue weighted by atomic mass is 10.3. The SMILES string of the molecule is Cn1ncc(N=Cc2ccc(COc3ccc(Cl)c(Cl)c3)o2)c1C(=O)NCc1ccco1. The van der Waals surface area contributed by atoms with Gasteiger partial charge in [-0.05, 0) is 36.4 Å². The first-order chi connectivity index (χ1) is 15.5. The van der Waals surface area contributed by atoms with E-state index in [1.165, 1.54) is 17.1 Å². The van der Waals surface area contributed by atoms with Crippen molar-refractivity contribution in [1.82, 2.24) is 15.1 Å². The lowest BCUT2D eigenvalue weighted by Crippen LogP contribution is -2.25. The van der Waals surface area contributed by atoms with Gasteiger partial charge in [0.2, 0.25) is 0 Å². The predicted molar refractivity (Wildman–Crippen MR) is 120 cm³/mol. The van der Waals surface area contributed by atoms with Crippen molar-refractivity contribution >= 4 is 41.0 Å². The van der Waals surface area contributed by atoms with Crippen LogP contribution in [-0.2, 0) is 20.2 Å². The predicted octanol–water partition coefficient (Wildman–Crippen LogP) is 5.17. The van der Waals surface area contributed by atoms with Gasteiger partial charge < -0.3 is 18.9 Å². The van der Waals surface area contributed by atoms with Gasteiger partial charge in [-0.3, -0.25) is 9.48 Å². The van der Waals surface area contributed by atoms with Crippen LogP contribution in [0.1, 0.15) is 27.8 Å². The molecule has 1 amide bonds. The van der Waals surface area contributed by atoms with Crippen LogP contribution in [0.2, 0.25) is 10.0 Å². The Labute approximate surface area is 193 Å².